The third-order valence-electron chi connectivity index (χ3n) is 10.1. The van der Waals surface area contributed by atoms with Gasteiger partial charge in [0.2, 0.25) is 0 Å². The highest BCUT2D eigenvalue weighted by molar-refractivity contribution is 8.13. The van der Waals surface area contributed by atoms with Crippen molar-refractivity contribution in [3.05, 3.63) is 12.2 Å². The van der Waals surface area contributed by atoms with Gasteiger partial charge in [-0.15, -0.1) is 0 Å². The molecule has 1 amide bonds. The number of rotatable bonds is 39. The van der Waals surface area contributed by atoms with Gasteiger partial charge in [0.15, 0.2) is 0 Å². The first-order valence-corrected chi connectivity index (χ1v) is 23.8. The molecule has 10 heteroatoms. The summed E-state index contributed by atoms with van der Waals surface area (Å²) < 4.78 is 11.5. The molecule has 0 rings (SSSR count). The van der Waals surface area contributed by atoms with Gasteiger partial charge in [0.05, 0.1) is 6.42 Å². The first kappa shape index (κ1) is 52.8. The molecule has 0 aromatic rings. The normalized spacial score (nSPS) is 12.7. The molecule has 0 aliphatic rings. The lowest BCUT2D eigenvalue weighted by Crippen LogP contribution is -2.40. The van der Waals surface area contributed by atoms with Gasteiger partial charge in [0, 0.05) is 50.1 Å². The Kier molecular flexibility index (Phi) is 39.1. The number of nitrogens with zero attached hydrogens (tertiary/aromatic N) is 2. The molecule has 0 radical (unpaired) electrons. The highest BCUT2D eigenvalue weighted by Gasteiger charge is 2.19. The van der Waals surface area contributed by atoms with E-state index in [4.69, 9.17) is 9.47 Å². The number of esters is 2. The molecule has 0 bridgehead atoms. The SMILES string of the molecule is CCCCCC/C=C\COC(=O)CCCCCN(CCC(=O)OC(CCCCCCCC)CCCCCCCCC)C(=O)SCCN(C)CC(CS)NC. The smallest absolute Gasteiger partial charge is 0.307 e. The van der Waals surface area contributed by atoms with Gasteiger partial charge >= 0.3 is 11.9 Å². The van der Waals surface area contributed by atoms with Gasteiger partial charge in [0.25, 0.3) is 5.24 Å². The molecule has 0 fully saturated rings. The van der Waals surface area contributed by atoms with Gasteiger partial charge in [-0.25, -0.2) is 0 Å². The number of amides is 1. The van der Waals surface area contributed by atoms with Crippen LogP contribution in [-0.2, 0) is 19.1 Å². The maximum Gasteiger partial charge on any atom is 0.307 e. The lowest BCUT2D eigenvalue weighted by Gasteiger charge is -2.25. The zero-order valence-corrected chi connectivity index (χ0v) is 37.4. The van der Waals surface area contributed by atoms with Crippen LogP contribution in [0.5, 0.6) is 0 Å². The maximum atomic E-state index is 13.4. The predicted octanol–water partition coefficient (Wildman–Crippen LogP) is 11.4. The van der Waals surface area contributed by atoms with Crippen LogP contribution < -0.4 is 5.32 Å². The van der Waals surface area contributed by atoms with E-state index in [0.29, 0.717) is 37.9 Å². The lowest BCUT2D eigenvalue weighted by molar-refractivity contribution is -0.150. The van der Waals surface area contributed by atoms with E-state index in [1.165, 1.54) is 108 Å². The molecular weight excluding hydrogens is 715 g/mol. The minimum Gasteiger partial charge on any atom is -0.462 e. The number of unbranched alkanes of at least 4 members (excludes halogenated alkanes) is 17. The summed E-state index contributed by atoms with van der Waals surface area (Å²) in [6.45, 7) is 9.60. The Morgan fingerprint density at radius 3 is 1.85 bits per heavy atom. The molecule has 0 saturated carbocycles. The van der Waals surface area contributed by atoms with Gasteiger partial charge in [0.1, 0.15) is 12.7 Å². The lowest BCUT2D eigenvalue weighted by atomic mass is 10.0. The van der Waals surface area contributed by atoms with Crippen molar-refractivity contribution in [3.8, 4) is 0 Å². The summed E-state index contributed by atoms with van der Waals surface area (Å²) in [7, 11) is 4.01. The number of hydrogen-bond acceptors (Lipinski definition) is 9. The summed E-state index contributed by atoms with van der Waals surface area (Å²) in [5.41, 5.74) is 0. The summed E-state index contributed by atoms with van der Waals surface area (Å²) in [4.78, 5) is 42.9. The molecule has 1 N–H and O–H groups in total. The van der Waals surface area contributed by atoms with Crippen LogP contribution in [0.25, 0.3) is 0 Å². The van der Waals surface area contributed by atoms with Crippen LogP contribution in [0.15, 0.2) is 12.2 Å². The second-order valence-electron chi connectivity index (χ2n) is 15.2. The third-order valence-corrected chi connectivity index (χ3v) is 11.4. The number of thiol groups is 1. The molecule has 0 saturated heterocycles. The minimum absolute atomic E-state index is 0.00292. The van der Waals surface area contributed by atoms with Crippen molar-refractivity contribution in [3.63, 3.8) is 0 Å². The fourth-order valence-corrected chi connectivity index (χ4v) is 7.67. The van der Waals surface area contributed by atoms with E-state index in [1.54, 1.807) is 0 Å². The van der Waals surface area contributed by atoms with E-state index in [0.717, 1.165) is 70.2 Å². The van der Waals surface area contributed by atoms with Gasteiger partial charge < -0.3 is 24.6 Å². The molecular formula is C44H85N3O5S2. The van der Waals surface area contributed by atoms with Crippen LogP contribution in [0.2, 0.25) is 0 Å². The van der Waals surface area contributed by atoms with Crippen molar-refractivity contribution in [1.29, 1.82) is 0 Å². The number of likely N-dealkylation sites (N-methyl/N-ethyl adjacent to an activating group) is 2. The van der Waals surface area contributed by atoms with Gasteiger partial charge in [-0.2, -0.15) is 12.6 Å². The molecule has 8 nitrogen and oxygen atoms in total. The van der Waals surface area contributed by atoms with E-state index < -0.39 is 0 Å². The minimum atomic E-state index is -0.195. The predicted molar refractivity (Wildman–Crippen MR) is 236 cm³/mol. The molecule has 0 aliphatic heterocycles. The molecule has 0 aromatic heterocycles. The Morgan fingerprint density at radius 1 is 0.685 bits per heavy atom. The van der Waals surface area contributed by atoms with Gasteiger partial charge in [-0.05, 0) is 65.5 Å². The van der Waals surface area contributed by atoms with Crippen LogP contribution in [0, 0.1) is 0 Å². The van der Waals surface area contributed by atoms with Gasteiger partial charge in [-0.1, -0.05) is 141 Å². The number of nitrogens with one attached hydrogen (secondary N) is 1. The number of ether oxygens (including phenoxy) is 2. The van der Waals surface area contributed by atoms with Crippen molar-refractivity contribution in [1.82, 2.24) is 15.1 Å². The quantitative estimate of drug-likeness (QED) is 0.0275. The van der Waals surface area contributed by atoms with Crippen LogP contribution >= 0.6 is 24.4 Å². The van der Waals surface area contributed by atoms with E-state index >= 15 is 0 Å². The zero-order chi connectivity index (χ0) is 39.9. The van der Waals surface area contributed by atoms with Crippen molar-refractivity contribution >= 4 is 41.6 Å². The Bertz CT molecular complexity index is 905. The molecule has 54 heavy (non-hydrogen) atoms. The fourth-order valence-electron chi connectivity index (χ4n) is 6.43. The summed E-state index contributed by atoms with van der Waals surface area (Å²) in [6, 6.07) is 0.297. The average molecular weight is 800 g/mol. The maximum absolute atomic E-state index is 13.4. The fraction of sp³-hybridized carbons (Fsp3) is 0.886. The number of allylic oxidation sites excluding steroid dienone is 1. The molecule has 2 atom stereocenters. The topological polar surface area (TPSA) is 88.2 Å². The summed E-state index contributed by atoms with van der Waals surface area (Å²) in [5.74, 6) is 1.06. The highest BCUT2D eigenvalue weighted by Crippen LogP contribution is 2.19. The third kappa shape index (κ3) is 34.1. The first-order chi connectivity index (χ1) is 26.3. The monoisotopic (exact) mass is 800 g/mol. The second-order valence-corrected chi connectivity index (χ2v) is 16.6. The highest BCUT2D eigenvalue weighted by atomic mass is 32.2. The second kappa shape index (κ2) is 40.0. The van der Waals surface area contributed by atoms with Crippen LogP contribution in [0.1, 0.15) is 181 Å². The van der Waals surface area contributed by atoms with Crippen LogP contribution in [-0.4, -0.2) is 97.5 Å². The van der Waals surface area contributed by atoms with E-state index in [-0.39, 0.29) is 29.7 Å². The summed E-state index contributed by atoms with van der Waals surface area (Å²) in [5, 5.41) is 3.28. The molecule has 0 heterocycles. The van der Waals surface area contributed by atoms with Crippen molar-refractivity contribution < 1.29 is 23.9 Å². The average Bonchev–Trinajstić information content (AvgIpc) is 3.16. The number of carbonyl (C=O) groups is 3. The Morgan fingerprint density at radius 2 is 1.26 bits per heavy atom. The van der Waals surface area contributed by atoms with Crippen LogP contribution in [0.3, 0.4) is 0 Å². The number of hydrogen-bond donors (Lipinski definition) is 2. The van der Waals surface area contributed by atoms with E-state index in [1.807, 2.05) is 18.0 Å². The Balaban J connectivity index is 5.01. The summed E-state index contributed by atoms with van der Waals surface area (Å²) in [6.07, 6.45) is 30.8. The molecule has 2 unspecified atom stereocenters. The molecule has 0 aromatic carbocycles. The molecule has 0 spiro atoms. The van der Waals surface area contributed by atoms with Crippen molar-refractivity contribution in [2.45, 2.75) is 193 Å². The first-order valence-electron chi connectivity index (χ1n) is 22.2. The van der Waals surface area contributed by atoms with E-state index in [9.17, 15) is 14.4 Å². The van der Waals surface area contributed by atoms with E-state index in [2.05, 4.69) is 56.7 Å². The standard InChI is InChI=1S/C44H85N3O5S2/c1-6-9-12-15-18-21-25-30-41(29-24-20-17-14-11-8-3)52-43(49)32-34-47(44(50)54-37-35-46(5)38-40(39-53)45-4)33-27-23-26-31-42(48)51-36-28-22-19-16-13-10-7-2/h22,28,40-41,45,53H,6-21,23-27,29-39H2,1-5H3/b28-22-. The number of carbonyl (C=O) groups excluding carboxylic acids is 3. The van der Waals surface area contributed by atoms with Crippen LogP contribution in [0.4, 0.5) is 4.79 Å². The molecule has 318 valence electrons. The summed E-state index contributed by atoms with van der Waals surface area (Å²) >= 11 is 5.74. The zero-order valence-electron chi connectivity index (χ0n) is 35.7. The Hall–Kier alpha value is -1.23. The molecule has 0 aliphatic carbocycles. The van der Waals surface area contributed by atoms with Crippen molar-refractivity contribution in [2.24, 2.45) is 0 Å². The van der Waals surface area contributed by atoms with Crippen molar-refractivity contribution in [2.75, 3.05) is 58.4 Å². The van der Waals surface area contributed by atoms with Gasteiger partial charge in [-0.3, -0.25) is 14.4 Å². The Labute approximate surface area is 343 Å². The number of thioether (sulfide) groups is 1. The largest absolute Gasteiger partial charge is 0.462 e.